The molecule has 0 saturated carbocycles. The van der Waals surface area contributed by atoms with E-state index in [1.54, 1.807) is 0 Å². The van der Waals surface area contributed by atoms with Gasteiger partial charge in [0.25, 0.3) is 5.91 Å². The van der Waals surface area contributed by atoms with Crippen molar-refractivity contribution in [1.29, 1.82) is 0 Å². The summed E-state index contributed by atoms with van der Waals surface area (Å²) in [6.45, 7) is 13.0. The largest absolute Gasteiger partial charge is 0.405 e. The van der Waals surface area contributed by atoms with Gasteiger partial charge in [0.2, 0.25) is 0 Å². The van der Waals surface area contributed by atoms with Gasteiger partial charge < -0.3 is 4.43 Å². The lowest BCUT2D eigenvalue weighted by Crippen LogP contribution is -2.47. The number of carbonyl (C=O) groups is 1. The molecule has 1 fully saturated rings. The topological polar surface area (TPSA) is 55.6 Å². The molecular weight excluding hydrogens is 244 g/mol. The molecule has 2 atom stereocenters. The molecular formula is C13H28N2O2Si. The van der Waals surface area contributed by atoms with Crippen molar-refractivity contribution in [3.8, 4) is 0 Å². The molecule has 0 aliphatic carbocycles. The lowest BCUT2D eigenvalue weighted by atomic mass is 10.1. The van der Waals surface area contributed by atoms with Crippen molar-refractivity contribution >= 4 is 14.2 Å². The summed E-state index contributed by atoms with van der Waals surface area (Å²) in [5, 5.41) is 1.51. The Hall–Kier alpha value is -0.393. The van der Waals surface area contributed by atoms with Crippen molar-refractivity contribution in [3.05, 3.63) is 0 Å². The van der Waals surface area contributed by atoms with E-state index in [9.17, 15) is 4.79 Å². The van der Waals surface area contributed by atoms with E-state index in [0.717, 1.165) is 19.3 Å². The number of hydrogen-bond acceptors (Lipinski definition) is 3. The Morgan fingerprint density at radius 1 is 1.44 bits per heavy atom. The van der Waals surface area contributed by atoms with E-state index in [-0.39, 0.29) is 23.1 Å². The fourth-order valence-electron chi connectivity index (χ4n) is 2.03. The number of nitrogens with two attached hydrogens (primary N) is 1. The molecule has 0 radical (unpaired) electrons. The van der Waals surface area contributed by atoms with Gasteiger partial charge in [-0.25, -0.2) is 5.84 Å². The van der Waals surface area contributed by atoms with E-state index in [1.807, 2.05) is 0 Å². The maximum absolute atomic E-state index is 12.1. The van der Waals surface area contributed by atoms with Gasteiger partial charge in [0.05, 0.1) is 6.04 Å². The molecule has 0 bridgehead atoms. The number of carbonyl (C=O) groups excluding carboxylic acids is 1. The van der Waals surface area contributed by atoms with E-state index in [1.165, 1.54) is 5.01 Å². The van der Waals surface area contributed by atoms with Gasteiger partial charge in [0.15, 0.2) is 8.32 Å². The van der Waals surface area contributed by atoms with Gasteiger partial charge in [-0.3, -0.25) is 9.80 Å². The number of hydrazine groups is 1. The molecule has 0 spiro atoms. The normalized spacial score (nSPS) is 25.9. The number of nitrogens with zero attached hydrogens (tertiary/aromatic N) is 1. The van der Waals surface area contributed by atoms with E-state index in [0.29, 0.717) is 0 Å². The highest BCUT2D eigenvalue weighted by molar-refractivity contribution is 6.74. The van der Waals surface area contributed by atoms with Gasteiger partial charge in [-0.05, 0) is 24.6 Å². The zero-order chi connectivity index (χ0) is 14.1. The molecule has 0 aromatic rings. The van der Waals surface area contributed by atoms with E-state index < -0.39 is 8.32 Å². The minimum Gasteiger partial charge on any atom is -0.405 e. The average Bonchev–Trinajstić information content (AvgIpc) is 2.45. The van der Waals surface area contributed by atoms with Crippen LogP contribution in [-0.2, 0) is 9.22 Å². The Morgan fingerprint density at radius 3 is 2.44 bits per heavy atom. The molecule has 1 amide bonds. The monoisotopic (exact) mass is 272 g/mol. The molecule has 1 heterocycles. The van der Waals surface area contributed by atoms with Gasteiger partial charge >= 0.3 is 0 Å². The predicted molar refractivity (Wildman–Crippen MR) is 76.4 cm³/mol. The quantitative estimate of drug-likeness (QED) is 0.486. The zero-order valence-electron chi connectivity index (χ0n) is 12.6. The van der Waals surface area contributed by atoms with Crippen molar-refractivity contribution in [1.82, 2.24) is 5.01 Å². The fraction of sp³-hybridized carbons (Fsp3) is 0.923. The molecule has 1 saturated heterocycles. The average molecular weight is 272 g/mol. The second kappa shape index (κ2) is 5.31. The van der Waals surface area contributed by atoms with Crippen LogP contribution in [0.25, 0.3) is 0 Å². The van der Waals surface area contributed by atoms with E-state index in [4.69, 9.17) is 10.3 Å². The Morgan fingerprint density at radius 2 is 2.00 bits per heavy atom. The molecule has 0 aromatic carbocycles. The highest BCUT2D eigenvalue weighted by atomic mass is 28.4. The first-order chi connectivity index (χ1) is 8.10. The molecule has 1 rings (SSSR count). The highest BCUT2D eigenvalue weighted by Gasteiger charge is 2.45. The van der Waals surface area contributed by atoms with Crippen LogP contribution >= 0.6 is 0 Å². The molecule has 18 heavy (non-hydrogen) atoms. The van der Waals surface area contributed by atoms with Crippen LogP contribution in [0.2, 0.25) is 18.1 Å². The third-order valence-electron chi connectivity index (χ3n) is 4.27. The summed E-state index contributed by atoms with van der Waals surface area (Å²) in [5.41, 5.74) is 0. The van der Waals surface area contributed by atoms with Crippen molar-refractivity contribution < 1.29 is 9.22 Å². The first kappa shape index (κ1) is 15.7. The van der Waals surface area contributed by atoms with Crippen LogP contribution < -0.4 is 5.84 Å². The third kappa shape index (κ3) is 3.13. The lowest BCUT2D eigenvalue weighted by Gasteiger charge is -2.37. The number of rotatable bonds is 4. The molecule has 0 aromatic heterocycles. The zero-order valence-corrected chi connectivity index (χ0v) is 13.6. The summed E-state index contributed by atoms with van der Waals surface area (Å²) >= 11 is 0. The van der Waals surface area contributed by atoms with Crippen LogP contribution in [0.15, 0.2) is 0 Å². The second-order valence-electron chi connectivity index (χ2n) is 6.79. The van der Waals surface area contributed by atoms with Crippen LogP contribution in [0.3, 0.4) is 0 Å². The number of amides is 1. The van der Waals surface area contributed by atoms with Crippen molar-refractivity contribution in [3.63, 3.8) is 0 Å². The van der Waals surface area contributed by atoms with Gasteiger partial charge in [-0.2, -0.15) is 0 Å². The molecule has 1 aliphatic rings. The fourth-order valence-corrected chi connectivity index (χ4v) is 3.29. The Kier molecular flexibility index (Phi) is 4.62. The van der Waals surface area contributed by atoms with Crippen LogP contribution in [0.1, 0.15) is 47.0 Å². The molecule has 5 heteroatoms. The Balaban J connectivity index is 2.72. The minimum absolute atomic E-state index is 0.0433. The van der Waals surface area contributed by atoms with Crippen molar-refractivity contribution in [2.75, 3.05) is 0 Å². The molecule has 4 nitrogen and oxygen atoms in total. The summed E-state index contributed by atoms with van der Waals surface area (Å²) in [6, 6.07) is 0.150. The minimum atomic E-state index is -1.90. The van der Waals surface area contributed by atoms with E-state index >= 15 is 0 Å². The third-order valence-corrected chi connectivity index (χ3v) is 8.76. The Labute approximate surface area is 112 Å². The first-order valence-electron chi connectivity index (χ1n) is 6.85. The maximum Gasteiger partial charge on any atom is 0.264 e. The summed E-state index contributed by atoms with van der Waals surface area (Å²) in [6.07, 6.45) is 2.42. The van der Waals surface area contributed by atoms with Crippen LogP contribution in [0.4, 0.5) is 0 Å². The molecule has 2 unspecified atom stereocenters. The van der Waals surface area contributed by atoms with Crippen molar-refractivity contribution in [2.24, 2.45) is 5.84 Å². The molecule has 1 aliphatic heterocycles. The SMILES string of the molecule is CCCC1CC(O[Si](C)(C)C(C)(C)C)C(=O)N1N. The lowest BCUT2D eigenvalue weighted by molar-refractivity contribution is -0.135. The summed E-state index contributed by atoms with van der Waals surface area (Å²) in [4.78, 5) is 12.1. The summed E-state index contributed by atoms with van der Waals surface area (Å²) in [5.74, 6) is 5.80. The Bertz CT molecular complexity index is 313. The second-order valence-corrected chi connectivity index (χ2v) is 11.5. The first-order valence-corrected chi connectivity index (χ1v) is 9.76. The standard InChI is InChI=1S/C13H28N2O2Si/c1-7-8-10-9-11(12(16)15(10)14)17-18(5,6)13(2,3)4/h10-11H,7-9,14H2,1-6H3. The maximum atomic E-state index is 12.1. The van der Waals surface area contributed by atoms with Crippen LogP contribution in [0.5, 0.6) is 0 Å². The predicted octanol–water partition coefficient (Wildman–Crippen LogP) is 2.65. The van der Waals surface area contributed by atoms with E-state index in [2.05, 4.69) is 40.8 Å². The summed E-state index contributed by atoms with van der Waals surface area (Å²) in [7, 11) is -1.90. The van der Waals surface area contributed by atoms with Gasteiger partial charge in [-0.1, -0.05) is 34.1 Å². The van der Waals surface area contributed by atoms with Crippen LogP contribution in [-0.4, -0.2) is 31.4 Å². The van der Waals surface area contributed by atoms with Gasteiger partial charge in [-0.15, -0.1) is 0 Å². The smallest absolute Gasteiger partial charge is 0.264 e. The van der Waals surface area contributed by atoms with Crippen molar-refractivity contribution in [2.45, 2.75) is 77.2 Å². The highest BCUT2D eigenvalue weighted by Crippen LogP contribution is 2.39. The summed E-state index contributed by atoms with van der Waals surface area (Å²) < 4.78 is 6.19. The van der Waals surface area contributed by atoms with Gasteiger partial charge in [0.1, 0.15) is 6.10 Å². The van der Waals surface area contributed by atoms with Gasteiger partial charge in [0, 0.05) is 6.42 Å². The van der Waals surface area contributed by atoms with Crippen LogP contribution in [0, 0.1) is 0 Å². The molecule has 2 N–H and O–H groups in total. The molecule has 106 valence electrons. The number of hydrogen-bond donors (Lipinski definition) is 1.